The number of methoxy groups -OCH3 is 2. The fourth-order valence-corrected chi connectivity index (χ4v) is 4.04. The second-order valence-corrected chi connectivity index (χ2v) is 7.34. The molecule has 0 saturated carbocycles. The first-order valence-corrected chi connectivity index (χ1v) is 9.77. The van der Waals surface area contributed by atoms with Crippen molar-refractivity contribution in [1.82, 2.24) is 9.97 Å². The van der Waals surface area contributed by atoms with Crippen molar-refractivity contribution in [2.45, 2.75) is 6.92 Å². The second kappa shape index (κ2) is 7.89. The Hall–Kier alpha value is -3.45. The number of carbonyl (C=O) groups is 1. The van der Waals surface area contributed by atoms with Crippen molar-refractivity contribution in [3.8, 4) is 22.1 Å². The van der Waals surface area contributed by atoms with Crippen molar-refractivity contribution in [3.63, 3.8) is 0 Å². The van der Waals surface area contributed by atoms with E-state index in [1.165, 1.54) is 11.3 Å². The number of nitrogens with one attached hydrogen (secondary N) is 1. The molecule has 2 heterocycles. The van der Waals surface area contributed by atoms with E-state index < -0.39 is 0 Å². The van der Waals surface area contributed by atoms with Crippen LogP contribution < -0.4 is 14.8 Å². The number of hydrogen-bond donors (Lipinski definition) is 1. The zero-order chi connectivity index (χ0) is 20.4. The van der Waals surface area contributed by atoms with E-state index in [0.29, 0.717) is 27.8 Å². The first-order valence-electron chi connectivity index (χ1n) is 8.95. The molecule has 2 aromatic carbocycles. The lowest BCUT2D eigenvalue weighted by Gasteiger charge is -2.08. The molecular weight excluding hydrogens is 386 g/mol. The first kappa shape index (κ1) is 18.9. The summed E-state index contributed by atoms with van der Waals surface area (Å²) in [4.78, 5) is 22.5. The van der Waals surface area contributed by atoms with Crippen LogP contribution in [0.2, 0.25) is 0 Å². The summed E-state index contributed by atoms with van der Waals surface area (Å²) in [5.41, 5.74) is 2.96. The van der Waals surface area contributed by atoms with E-state index in [2.05, 4.69) is 15.3 Å². The molecule has 0 fully saturated rings. The summed E-state index contributed by atoms with van der Waals surface area (Å²) in [6.45, 7) is 1.83. The summed E-state index contributed by atoms with van der Waals surface area (Å²) in [5.74, 6) is 1.06. The van der Waals surface area contributed by atoms with Crippen LogP contribution in [0.3, 0.4) is 0 Å². The summed E-state index contributed by atoms with van der Waals surface area (Å²) >= 11 is 1.34. The molecule has 146 valence electrons. The number of pyridine rings is 1. The molecular formula is C22H19N3O3S. The second-order valence-electron chi connectivity index (χ2n) is 6.34. The SMILES string of the molecule is COc1ccc(-c2nc(C)c(C(=O)Nc3cccc4cccnc34)s2)cc1OC. The van der Waals surface area contributed by atoms with Crippen LogP contribution in [-0.2, 0) is 0 Å². The molecule has 7 heteroatoms. The molecule has 4 aromatic rings. The van der Waals surface area contributed by atoms with Gasteiger partial charge in [0.15, 0.2) is 11.5 Å². The van der Waals surface area contributed by atoms with Crippen molar-refractivity contribution in [2.75, 3.05) is 19.5 Å². The minimum absolute atomic E-state index is 0.204. The number of para-hydroxylation sites is 1. The van der Waals surface area contributed by atoms with E-state index >= 15 is 0 Å². The summed E-state index contributed by atoms with van der Waals surface area (Å²) < 4.78 is 10.7. The van der Waals surface area contributed by atoms with Crippen molar-refractivity contribution in [3.05, 3.63) is 65.3 Å². The van der Waals surface area contributed by atoms with Crippen LogP contribution in [0.4, 0.5) is 5.69 Å². The standard InChI is InChI=1S/C22H19N3O3S/c1-13-20(21(26)25-16-8-4-6-14-7-5-11-23-19(14)16)29-22(24-13)15-9-10-17(27-2)18(12-15)28-3/h4-12H,1-3H3,(H,25,26). The number of benzene rings is 2. The van der Waals surface area contributed by atoms with E-state index in [4.69, 9.17) is 9.47 Å². The molecule has 0 bridgehead atoms. The van der Waals surface area contributed by atoms with Crippen LogP contribution in [0.5, 0.6) is 11.5 Å². The predicted octanol–water partition coefficient (Wildman–Crippen LogP) is 4.94. The Morgan fingerprint density at radius 1 is 1.03 bits per heavy atom. The van der Waals surface area contributed by atoms with E-state index in [9.17, 15) is 4.79 Å². The number of ether oxygens (including phenoxy) is 2. The number of fused-ring (bicyclic) bond motifs is 1. The van der Waals surface area contributed by atoms with Gasteiger partial charge < -0.3 is 14.8 Å². The Bertz CT molecular complexity index is 1200. The maximum Gasteiger partial charge on any atom is 0.267 e. The minimum Gasteiger partial charge on any atom is -0.493 e. The third-order valence-electron chi connectivity index (χ3n) is 4.51. The van der Waals surface area contributed by atoms with Crippen molar-refractivity contribution >= 4 is 33.8 Å². The predicted molar refractivity (Wildman–Crippen MR) is 115 cm³/mol. The fourth-order valence-electron chi connectivity index (χ4n) is 3.08. The van der Waals surface area contributed by atoms with Gasteiger partial charge in [-0.2, -0.15) is 0 Å². The third kappa shape index (κ3) is 3.64. The number of aryl methyl sites for hydroxylation is 1. The van der Waals surface area contributed by atoms with Gasteiger partial charge >= 0.3 is 0 Å². The molecule has 4 rings (SSSR count). The molecule has 1 N–H and O–H groups in total. The topological polar surface area (TPSA) is 73.3 Å². The van der Waals surface area contributed by atoms with Crippen molar-refractivity contribution < 1.29 is 14.3 Å². The molecule has 0 aliphatic carbocycles. The molecule has 0 saturated heterocycles. The van der Waals surface area contributed by atoms with Crippen LogP contribution in [0.1, 0.15) is 15.4 Å². The molecule has 0 atom stereocenters. The monoisotopic (exact) mass is 405 g/mol. The maximum atomic E-state index is 12.9. The Kier molecular flexibility index (Phi) is 5.14. The zero-order valence-corrected chi connectivity index (χ0v) is 17.0. The van der Waals surface area contributed by atoms with Gasteiger partial charge in [0.05, 0.1) is 31.1 Å². The number of thiazole rings is 1. The fraction of sp³-hybridized carbons (Fsp3) is 0.136. The number of rotatable bonds is 5. The average Bonchev–Trinajstić information content (AvgIpc) is 3.15. The Balaban J connectivity index is 1.65. The van der Waals surface area contributed by atoms with Crippen LogP contribution in [0.15, 0.2) is 54.7 Å². The summed E-state index contributed by atoms with van der Waals surface area (Å²) in [6.07, 6.45) is 1.71. The van der Waals surface area contributed by atoms with Crippen LogP contribution in [-0.4, -0.2) is 30.1 Å². The van der Waals surface area contributed by atoms with Gasteiger partial charge in [-0.05, 0) is 37.3 Å². The molecule has 0 unspecified atom stereocenters. The zero-order valence-electron chi connectivity index (χ0n) is 16.2. The number of carbonyl (C=O) groups excluding carboxylic acids is 1. The smallest absolute Gasteiger partial charge is 0.267 e. The molecule has 2 aromatic heterocycles. The number of amides is 1. The molecule has 6 nitrogen and oxygen atoms in total. The lowest BCUT2D eigenvalue weighted by molar-refractivity contribution is 0.103. The van der Waals surface area contributed by atoms with Gasteiger partial charge in [0.25, 0.3) is 5.91 Å². The number of aromatic nitrogens is 2. The quantitative estimate of drug-likeness (QED) is 0.509. The Morgan fingerprint density at radius 2 is 1.83 bits per heavy atom. The highest BCUT2D eigenvalue weighted by Gasteiger charge is 2.18. The van der Waals surface area contributed by atoms with Gasteiger partial charge in [0.1, 0.15) is 9.88 Å². The van der Waals surface area contributed by atoms with Crippen LogP contribution >= 0.6 is 11.3 Å². The third-order valence-corrected chi connectivity index (χ3v) is 5.72. The van der Waals surface area contributed by atoms with Gasteiger partial charge in [0, 0.05) is 17.1 Å². The average molecular weight is 405 g/mol. The van der Waals surface area contributed by atoms with Gasteiger partial charge in [-0.15, -0.1) is 11.3 Å². The molecule has 0 aliphatic rings. The molecule has 0 aliphatic heterocycles. The normalized spacial score (nSPS) is 10.7. The highest BCUT2D eigenvalue weighted by atomic mass is 32.1. The highest BCUT2D eigenvalue weighted by Crippen LogP contribution is 2.35. The Morgan fingerprint density at radius 3 is 2.62 bits per heavy atom. The van der Waals surface area contributed by atoms with Crippen molar-refractivity contribution in [1.29, 1.82) is 0 Å². The van der Waals surface area contributed by atoms with Gasteiger partial charge in [-0.25, -0.2) is 4.98 Å². The molecule has 0 spiro atoms. The minimum atomic E-state index is -0.204. The summed E-state index contributed by atoms with van der Waals surface area (Å²) in [5, 5.41) is 4.68. The summed E-state index contributed by atoms with van der Waals surface area (Å²) in [6, 6.07) is 15.1. The largest absolute Gasteiger partial charge is 0.493 e. The van der Waals surface area contributed by atoms with E-state index in [1.807, 2.05) is 55.5 Å². The lowest BCUT2D eigenvalue weighted by Crippen LogP contribution is -2.12. The molecule has 0 radical (unpaired) electrons. The Labute approximate surface area is 172 Å². The van der Waals surface area contributed by atoms with Gasteiger partial charge in [-0.1, -0.05) is 18.2 Å². The van der Waals surface area contributed by atoms with E-state index in [1.54, 1.807) is 20.4 Å². The van der Waals surface area contributed by atoms with Crippen LogP contribution in [0.25, 0.3) is 21.5 Å². The first-order chi connectivity index (χ1) is 14.1. The summed E-state index contributed by atoms with van der Waals surface area (Å²) in [7, 11) is 3.18. The van der Waals surface area contributed by atoms with Gasteiger partial charge in [0.2, 0.25) is 0 Å². The maximum absolute atomic E-state index is 12.9. The number of anilines is 1. The number of hydrogen-bond acceptors (Lipinski definition) is 6. The lowest BCUT2D eigenvalue weighted by atomic mass is 10.2. The highest BCUT2D eigenvalue weighted by molar-refractivity contribution is 7.17. The van der Waals surface area contributed by atoms with Crippen molar-refractivity contribution in [2.24, 2.45) is 0 Å². The molecule has 1 amide bonds. The molecule has 29 heavy (non-hydrogen) atoms. The van der Waals surface area contributed by atoms with E-state index in [0.717, 1.165) is 21.5 Å². The van der Waals surface area contributed by atoms with Gasteiger partial charge in [-0.3, -0.25) is 9.78 Å². The number of nitrogens with zero attached hydrogens (tertiary/aromatic N) is 2. The van der Waals surface area contributed by atoms with E-state index in [-0.39, 0.29) is 5.91 Å². The van der Waals surface area contributed by atoms with Crippen LogP contribution in [0, 0.1) is 6.92 Å².